The minimum Gasteiger partial charge on any atom is -0.398 e. The third-order valence-corrected chi connectivity index (χ3v) is 6.21. The van der Waals surface area contributed by atoms with E-state index in [4.69, 9.17) is 10.5 Å². The molecule has 2 atom stereocenters. The second-order valence-corrected chi connectivity index (χ2v) is 7.54. The van der Waals surface area contributed by atoms with Gasteiger partial charge in [0.25, 0.3) is 0 Å². The van der Waals surface area contributed by atoms with Crippen LogP contribution in [0.4, 0.5) is 5.69 Å². The third-order valence-electron chi connectivity index (χ3n) is 4.40. The van der Waals surface area contributed by atoms with Crippen molar-refractivity contribution in [2.75, 3.05) is 12.3 Å². The van der Waals surface area contributed by atoms with E-state index in [0.29, 0.717) is 5.69 Å². The Morgan fingerprint density at radius 1 is 1.42 bits per heavy atom. The first-order valence-corrected chi connectivity index (χ1v) is 8.22. The van der Waals surface area contributed by atoms with Crippen LogP contribution in [0.15, 0.2) is 23.1 Å². The predicted molar refractivity (Wildman–Crippen MR) is 77.6 cm³/mol. The van der Waals surface area contributed by atoms with Gasteiger partial charge in [0.05, 0.1) is 21.3 Å². The summed E-state index contributed by atoms with van der Waals surface area (Å²) in [4.78, 5) is 0.798. The molecule has 0 amide bonds. The summed E-state index contributed by atoms with van der Waals surface area (Å²) in [5.74, 6) is 0. The first kappa shape index (κ1) is 13.1. The fourth-order valence-electron chi connectivity index (χ4n) is 3.12. The molecule has 1 saturated heterocycles. The van der Waals surface area contributed by atoms with Crippen LogP contribution < -0.4 is 5.73 Å². The molecule has 1 saturated carbocycles. The lowest BCUT2D eigenvalue weighted by Crippen LogP contribution is -2.48. The molecule has 0 aromatic heterocycles. The Balaban J connectivity index is 1.79. The lowest BCUT2D eigenvalue weighted by atomic mass is 9.75. The van der Waals surface area contributed by atoms with Crippen molar-refractivity contribution in [2.24, 2.45) is 0 Å². The van der Waals surface area contributed by atoms with Crippen molar-refractivity contribution in [3.05, 3.63) is 23.8 Å². The van der Waals surface area contributed by atoms with Gasteiger partial charge in [0.1, 0.15) is 0 Å². The van der Waals surface area contributed by atoms with Crippen LogP contribution in [-0.4, -0.2) is 21.7 Å². The summed E-state index contributed by atoms with van der Waals surface area (Å²) in [7, 11) is -1.01. The molecule has 1 aliphatic carbocycles. The first-order chi connectivity index (χ1) is 9.10. The van der Waals surface area contributed by atoms with Crippen LogP contribution in [0.2, 0.25) is 0 Å². The van der Waals surface area contributed by atoms with E-state index in [1.54, 1.807) is 0 Å². The Morgan fingerprint density at radius 3 is 2.84 bits per heavy atom. The molecular weight excluding hydrogens is 258 g/mol. The van der Waals surface area contributed by atoms with Crippen LogP contribution in [0.5, 0.6) is 0 Å². The van der Waals surface area contributed by atoms with Crippen molar-refractivity contribution in [2.45, 2.75) is 54.8 Å². The van der Waals surface area contributed by atoms with Crippen molar-refractivity contribution in [3.63, 3.8) is 0 Å². The molecule has 4 heteroatoms. The molecule has 19 heavy (non-hydrogen) atoms. The molecule has 104 valence electrons. The average molecular weight is 279 g/mol. The number of benzene rings is 1. The van der Waals surface area contributed by atoms with Crippen molar-refractivity contribution in [1.29, 1.82) is 0 Å². The van der Waals surface area contributed by atoms with Gasteiger partial charge in [-0.1, -0.05) is 6.07 Å². The van der Waals surface area contributed by atoms with Gasteiger partial charge in [-0.25, -0.2) is 0 Å². The van der Waals surface area contributed by atoms with E-state index >= 15 is 0 Å². The summed E-state index contributed by atoms with van der Waals surface area (Å²) in [6.45, 7) is 2.74. The molecule has 2 unspecified atom stereocenters. The number of nitrogen functional groups attached to an aromatic ring is 1. The normalized spacial score (nSPS) is 26.9. The van der Waals surface area contributed by atoms with Crippen molar-refractivity contribution >= 4 is 16.5 Å². The highest BCUT2D eigenvalue weighted by Crippen LogP contribution is 2.44. The molecular formula is C15H21NO2S. The standard InChI is InChI=1S/C15H21NO2S/c1-11-3-4-14(13(16)9-11)19(17)12-5-8-18-15(10-12)6-2-7-15/h3-4,9,12H,2,5-8,10,16H2,1H3. The average Bonchev–Trinajstić information content (AvgIpc) is 2.36. The zero-order valence-electron chi connectivity index (χ0n) is 11.4. The highest BCUT2D eigenvalue weighted by Gasteiger charge is 2.44. The highest BCUT2D eigenvalue weighted by molar-refractivity contribution is 7.85. The fraction of sp³-hybridized carbons (Fsp3) is 0.600. The van der Waals surface area contributed by atoms with Crippen molar-refractivity contribution < 1.29 is 8.95 Å². The Bertz CT molecular complexity index is 511. The number of anilines is 1. The zero-order chi connectivity index (χ0) is 13.5. The predicted octanol–water partition coefficient (Wildman–Crippen LogP) is 2.79. The fourth-order valence-corrected chi connectivity index (χ4v) is 4.73. The molecule has 2 fully saturated rings. The minimum absolute atomic E-state index is 0.0397. The summed E-state index contributed by atoms with van der Waals surface area (Å²) in [5.41, 5.74) is 7.83. The van der Waals surface area contributed by atoms with Crippen LogP contribution in [0, 0.1) is 6.92 Å². The van der Waals surface area contributed by atoms with Gasteiger partial charge >= 0.3 is 0 Å². The van der Waals surface area contributed by atoms with Crippen LogP contribution in [-0.2, 0) is 15.5 Å². The molecule has 3 rings (SSSR count). The largest absolute Gasteiger partial charge is 0.398 e. The summed E-state index contributed by atoms with van der Waals surface area (Å²) in [5, 5.41) is 0.194. The van der Waals surface area contributed by atoms with E-state index in [-0.39, 0.29) is 10.9 Å². The third kappa shape index (κ3) is 2.43. The lowest BCUT2D eigenvalue weighted by Gasteiger charge is -2.46. The van der Waals surface area contributed by atoms with Gasteiger partial charge in [0, 0.05) is 17.5 Å². The highest BCUT2D eigenvalue weighted by atomic mass is 32.2. The van der Waals surface area contributed by atoms with Gasteiger partial charge in [-0.15, -0.1) is 0 Å². The number of hydrogen-bond acceptors (Lipinski definition) is 3. The van der Waals surface area contributed by atoms with Crippen molar-refractivity contribution in [1.82, 2.24) is 0 Å². The summed E-state index contributed by atoms with van der Waals surface area (Å²) < 4.78 is 18.6. The molecule has 1 spiro atoms. The van der Waals surface area contributed by atoms with Gasteiger partial charge < -0.3 is 10.5 Å². The van der Waals surface area contributed by atoms with Crippen molar-refractivity contribution in [3.8, 4) is 0 Å². The van der Waals surface area contributed by atoms with Crippen LogP contribution in [0.25, 0.3) is 0 Å². The lowest BCUT2D eigenvalue weighted by molar-refractivity contribution is -0.125. The van der Waals surface area contributed by atoms with Crippen LogP contribution >= 0.6 is 0 Å². The van der Waals surface area contributed by atoms with E-state index in [1.165, 1.54) is 6.42 Å². The molecule has 2 N–H and O–H groups in total. The molecule has 0 radical (unpaired) electrons. The molecule has 0 bridgehead atoms. The number of nitrogens with two attached hydrogens (primary N) is 1. The maximum atomic E-state index is 12.7. The molecule has 1 aromatic rings. The molecule has 1 heterocycles. The Hall–Kier alpha value is -0.870. The SMILES string of the molecule is Cc1ccc(S(=O)C2CCOC3(CCC3)C2)c(N)c1. The zero-order valence-corrected chi connectivity index (χ0v) is 12.2. The summed E-state index contributed by atoms with van der Waals surface area (Å²) >= 11 is 0. The summed E-state index contributed by atoms with van der Waals surface area (Å²) in [6.07, 6.45) is 5.30. The Morgan fingerprint density at radius 2 is 2.21 bits per heavy atom. The molecule has 1 aromatic carbocycles. The van der Waals surface area contributed by atoms with E-state index in [1.807, 2.05) is 25.1 Å². The topological polar surface area (TPSA) is 52.3 Å². The maximum Gasteiger partial charge on any atom is 0.0694 e. The smallest absolute Gasteiger partial charge is 0.0694 e. The Labute approximate surface area is 117 Å². The van der Waals surface area contributed by atoms with Crippen LogP contribution in [0.1, 0.15) is 37.7 Å². The van der Waals surface area contributed by atoms with Gasteiger partial charge in [0.2, 0.25) is 0 Å². The van der Waals surface area contributed by atoms with Gasteiger partial charge in [-0.3, -0.25) is 4.21 Å². The van der Waals surface area contributed by atoms with Gasteiger partial charge in [-0.05, 0) is 56.7 Å². The van der Waals surface area contributed by atoms with E-state index in [2.05, 4.69) is 0 Å². The van der Waals surface area contributed by atoms with E-state index in [9.17, 15) is 4.21 Å². The minimum atomic E-state index is -1.01. The second-order valence-electron chi connectivity index (χ2n) is 5.84. The quantitative estimate of drug-likeness (QED) is 0.847. The molecule has 2 aliphatic rings. The van der Waals surface area contributed by atoms with E-state index < -0.39 is 10.8 Å². The number of rotatable bonds is 2. The summed E-state index contributed by atoms with van der Waals surface area (Å²) in [6, 6.07) is 5.82. The van der Waals surface area contributed by atoms with Gasteiger partial charge in [-0.2, -0.15) is 0 Å². The maximum absolute atomic E-state index is 12.7. The van der Waals surface area contributed by atoms with E-state index in [0.717, 1.165) is 42.7 Å². The Kier molecular flexibility index (Phi) is 3.39. The monoisotopic (exact) mass is 279 g/mol. The number of ether oxygens (including phenoxy) is 1. The first-order valence-electron chi connectivity index (χ1n) is 7.00. The number of hydrogen-bond donors (Lipinski definition) is 1. The number of aryl methyl sites for hydroxylation is 1. The molecule has 1 aliphatic heterocycles. The second kappa shape index (κ2) is 4.91. The van der Waals surface area contributed by atoms with Gasteiger partial charge in [0.15, 0.2) is 0 Å². The molecule has 3 nitrogen and oxygen atoms in total. The van der Waals surface area contributed by atoms with Crippen LogP contribution in [0.3, 0.4) is 0 Å².